The van der Waals surface area contributed by atoms with Gasteiger partial charge in [0.15, 0.2) is 17.2 Å². The Morgan fingerprint density at radius 1 is 0.938 bits per heavy atom. The second-order valence-electron chi connectivity index (χ2n) is 16.7. The van der Waals surface area contributed by atoms with Gasteiger partial charge in [-0.1, -0.05) is 52.8 Å². The van der Waals surface area contributed by atoms with Crippen molar-refractivity contribution in [2.75, 3.05) is 28.4 Å². The number of Topliss-reactive ketones (excluding diaryl/α,β-unsaturated/α-hetero) is 1. The molecule has 0 saturated carbocycles. The van der Waals surface area contributed by atoms with Gasteiger partial charge in [-0.3, -0.25) is 24.0 Å². The number of aliphatic hydroxyl groups is 1. The molecule has 4 heterocycles. The molecule has 18 heteroatoms. The zero-order valence-corrected chi connectivity index (χ0v) is 38.9. The third kappa shape index (κ3) is 15.0. The van der Waals surface area contributed by atoms with Crippen molar-refractivity contribution in [1.29, 1.82) is 0 Å². The highest BCUT2D eigenvalue weighted by Gasteiger charge is 2.35. The van der Waals surface area contributed by atoms with Crippen LogP contribution in [0.5, 0.6) is 0 Å². The van der Waals surface area contributed by atoms with Gasteiger partial charge in [0.25, 0.3) is 0 Å². The predicted octanol–water partition coefficient (Wildman–Crippen LogP) is 6.75. The fraction of sp³-hybridized carbons (Fsp3) is 0.574. The number of carbonyl (C=O) groups is 5. The van der Waals surface area contributed by atoms with E-state index in [4.69, 9.17) is 36.9 Å². The summed E-state index contributed by atoms with van der Waals surface area (Å²) in [5.74, 6) is -3.32. The van der Waals surface area contributed by atoms with Crippen LogP contribution in [0.2, 0.25) is 0 Å². The lowest BCUT2D eigenvalue weighted by molar-refractivity contribution is -0.159. The maximum absolute atomic E-state index is 13.6. The minimum absolute atomic E-state index is 0.00470. The number of aromatic nitrogens is 3. The second-order valence-corrected chi connectivity index (χ2v) is 16.7. The van der Waals surface area contributed by atoms with Gasteiger partial charge in [-0.05, 0) is 37.3 Å². The highest BCUT2D eigenvalue weighted by Crippen LogP contribution is 2.32. The van der Waals surface area contributed by atoms with Gasteiger partial charge in [-0.2, -0.15) is 0 Å². The molecule has 11 unspecified atom stereocenters. The minimum atomic E-state index is -1.16. The predicted molar refractivity (Wildman–Crippen MR) is 235 cm³/mol. The highest BCUT2D eigenvalue weighted by molar-refractivity contribution is 5.92. The van der Waals surface area contributed by atoms with Crippen LogP contribution in [0, 0.1) is 29.6 Å². The third-order valence-corrected chi connectivity index (χ3v) is 11.8. The Kier molecular flexibility index (Phi) is 20.2. The van der Waals surface area contributed by atoms with Gasteiger partial charge < -0.3 is 46.9 Å². The van der Waals surface area contributed by atoms with Crippen molar-refractivity contribution in [2.24, 2.45) is 29.6 Å². The number of rotatable bonds is 16. The molecule has 0 fully saturated rings. The Morgan fingerprint density at radius 3 is 2.29 bits per heavy atom. The van der Waals surface area contributed by atoms with Gasteiger partial charge in [-0.25, -0.2) is 15.0 Å². The van der Waals surface area contributed by atoms with Crippen molar-refractivity contribution < 1.29 is 66.0 Å². The molecule has 1 N–H and O–H groups in total. The van der Waals surface area contributed by atoms with E-state index < -0.39 is 66.3 Å². The number of esters is 2. The van der Waals surface area contributed by atoms with Gasteiger partial charge in [0.1, 0.15) is 48.6 Å². The van der Waals surface area contributed by atoms with Gasteiger partial charge >= 0.3 is 11.9 Å². The molecule has 0 spiro atoms. The van der Waals surface area contributed by atoms with E-state index >= 15 is 0 Å². The lowest BCUT2D eigenvalue weighted by atomic mass is 9.84. The first-order chi connectivity index (χ1) is 31.0. The van der Waals surface area contributed by atoms with E-state index in [1.807, 2.05) is 26.8 Å². The van der Waals surface area contributed by atoms with E-state index in [2.05, 4.69) is 15.0 Å². The fourth-order valence-corrected chi connectivity index (χ4v) is 7.67. The first kappa shape index (κ1) is 52.1. The number of oxazole rings is 3. The molecule has 0 aliphatic carbocycles. The molecular formula is C47H64N4O14. The van der Waals surface area contributed by atoms with Crippen molar-refractivity contribution in [2.45, 2.75) is 117 Å². The van der Waals surface area contributed by atoms with E-state index in [1.165, 1.54) is 49.9 Å². The van der Waals surface area contributed by atoms with Gasteiger partial charge in [-0.15, -0.1) is 0 Å². The van der Waals surface area contributed by atoms with E-state index in [1.54, 1.807) is 53.5 Å². The SMILES string of the molecule is COC(CC1OC(=O)CC(O)CC=CC(=O)C(C)C(OC)c2coc(n2)-c2coc(n2)-c2coc(n2)C=CCC(OC)C1C)C(C)CCC(=O)C(C)C(OC(C)=O)C(C)C=CN(C)C=O. The number of amides is 1. The number of fused-ring (bicyclic) bond motifs is 8. The number of aliphatic hydroxyl groups excluding tert-OH is 1. The van der Waals surface area contributed by atoms with E-state index in [0.29, 0.717) is 36.3 Å². The largest absolute Gasteiger partial charge is 0.462 e. The van der Waals surface area contributed by atoms with Gasteiger partial charge in [0, 0.05) is 66.2 Å². The van der Waals surface area contributed by atoms with Crippen LogP contribution in [0.4, 0.5) is 0 Å². The number of cyclic esters (lactones) is 1. The molecule has 0 radical (unpaired) electrons. The lowest BCUT2D eigenvalue weighted by Gasteiger charge is -2.34. The first-order valence-electron chi connectivity index (χ1n) is 21.7. The van der Waals surface area contributed by atoms with Gasteiger partial charge in [0.2, 0.25) is 24.1 Å². The summed E-state index contributed by atoms with van der Waals surface area (Å²) in [7, 11) is 6.14. The molecule has 0 saturated heterocycles. The number of nitrogens with zero attached hydrogens (tertiary/aromatic N) is 4. The quantitative estimate of drug-likeness (QED) is 0.116. The molecule has 65 heavy (non-hydrogen) atoms. The standard InChI is InChI=1S/C47H64N4O14/c1-27(17-18-38(56)29(3)44(64-32(6)53)28(2)19-20-51(7)26-52)40(59-9)22-41-31(5)39(58-8)15-12-16-42-48-35(24-61-42)46-50-36(25-63-46)47-49-34(23-62-47)45(60-10)30(4)37(55)14-11-13-33(54)21-43(57)65-41/h11-12,14,16,19-20,23-31,33,39-41,44-45,54H,13,15,17-18,21-22H2,1-10H3. The maximum atomic E-state index is 13.6. The van der Waals surface area contributed by atoms with Crippen LogP contribution < -0.4 is 0 Å². The Hall–Kier alpha value is -5.56. The second kappa shape index (κ2) is 25.2. The van der Waals surface area contributed by atoms with Crippen LogP contribution in [-0.2, 0) is 47.7 Å². The number of methoxy groups -OCH3 is 3. The van der Waals surface area contributed by atoms with Crippen LogP contribution in [-0.4, -0.2) is 114 Å². The molecule has 18 nitrogen and oxygen atoms in total. The smallest absolute Gasteiger partial charge is 0.308 e. The summed E-state index contributed by atoms with van der Waals surface area (Å²) in [6.45, 7) is 10.3. The highest BCUT2D eigenvalue weighted by atomic mass is 16.6. The molecule has 11 atom stereocenters. The van der Waals surface area contributed by atoms with Crippen LogP contribution in [0.3, 0.4) is 0 Å². The van der Waals surface area contributed by atoms with Crippen molar-refractivity contribution >= 4 is 36.0 Å². The van der Waals surface area contributed by atoms with Crippen molar-refractivity contribution in [3.05, 3.63) is 60.9 Å². The first-order valence-corrected chi connectivity index (χ1v) is 21.7. The topological polar surface area (TPSA) is 233 Å². The third-order valence-electron chi connectivity index (χ3n) is 11.8. The zero-order valence-electron chi connectivity index (χ0n) is 38.9. The summed E-state index contributed by atoms with van der Waals surface area (Å²) in [4.78, 5) is 78.2. The molecule has 4 rings (SSSR count). The average molecular weight is 909 g/mol. The Bertz CT molecular complexity index is 2100. The van der Waals surface area contributed by atoms with E-state index in [-0.39, 0.29) is 66.8 Å². The summed E-state index contributed by atoms with van der Waals surface area (Å²) < 4.78 is 46.2. The maximum Gasteiger partial charge on any atom is 0.308 e. The number of allylic oxidation sites excluding steroid dienone is 1. The van der Waals surface area contributed by atoms with Crippen molar-refractivity contribution in [3.63, 3.8) is 0 Å². The molecule has 356 valence electrons. The fourth-order valence-electron chi connectivity index (χ4n) is 7.67. The molecule has 3 aromatic heterocycles. The summed E-state index contributed by atoms with van der Waals surface area (Å²) in [6.07, 6.45) is 10.8. The number of ketones is 2. The van der Waals surface area contributed by atoms with Crippen LogP contribution in [0.1, 0.15) is 97.8 Å². The molecular weight excluding hydrogens is 845 g/mol. The number of hydrogen-bond acceptors (Lipinski definition) is 17. The summed E-state index contributed by atoms with van der Waals surface area (Å²) in [5.41, 5.74) is 0.978. The molecule has 1 aliphatic rings. The van der Waals surface area contributed by atoms with Crippen LogP contribution in [0.25, 0.3) is 29.2 Å². The zero-order chi connectivity index (χ0) is 47.8. The number of ether oxygens (including phenoxy) is 5. The average Bonchev–Trinajstić information content (AvgIpc) is 4.08. The van der Waals surface area contributed by atoms with Crippen molar-refractivity contribution in [3.8, 4) is 23.2 Å². The molecule has 1 amide bonds. The number of carbonyl (C=O) groups excluding carboxylic acids is 5. The molecule has 6 bridgehead atoms. The van der Waals surface area contributed by atoms with Crippen LogP contribution in [0.15, 0.2) is 62.5 Å². The molecule has 3 aromatic rings. The number of hydrogen-bond donors (Lipinski definition) is 1. The molecule has 0 aromatic carbocycles. The normalized spacial score (nSPS) is 23.7. The van der Waals surface area contributed by atoms with Crippen LogP contribution >= 0.6 is 0 Å². The Labute approximate surface area is 379 Å². The summed E-state index contributed by atoms with van der Waals surface area (Å²) >= 11 is 0. The minimum Gasteiger partial charge on any atom is -0.462 e. The Balaban J connectivity index is 1.55. The summed E-state index contributed by atoms with van der Waals surface area (Å²) in [6, 6.07) is 0. The Morgan fingerprint density at radius 2 is 1.62 bits per heavy atom. The van der Waals surface area contributed by atoms with Crippen molar-refractivity contribution in [1.82, 2.24) is 19.9 Å². The van der Waals surface area contributed by atoms with Gasteiger partial charge in [0.05, 0.1) is 36.6 Å². The van der Waals surface area contributed by atoms with E-state index in [0.717, 1.165) is 0 Å². The lowest BCUT2D eigenvalue weighted by Crippen LogP contribution is -2.39. The monoisotopic (exact) mass is 908 g/mol. The van der Waals surface area contributed by atoms with E-state index in [9.17, 15) is 29.1 Å². The molecule has 1 aliphatic heterocycles. The summed E-state index contributed by atoms with van der Waals surface area (Å²) in [5, 5.41) is 10.9.